The van der Waals surface area contributed by atoms with E-state index in [1.54, 1.807) is 6.20 Å². The summed E-state index contributed by atoms with van der Waals surface area (Å²) in [5.74, 6) is 0.731. The largest absolute Gasteiger partial charge is 0.444 e. The highest BCUT2D eigenvalue weighted by atomic mass is 16.3. The molecule has 0 atom stereocenters. The molecule has 4 heteroatoms. The van der Waals surface area contributed by atoms with Crippen LogP contribution in [0.3, 0.4) is 0 Å². The average molecular weight is 186 g/mol. The summed E-state index contributed by atoms with van der Waals surface area (Å²) in [4.78, 5) is 7.92. The van der Waals surface area contributed by atoms with Gasteiger partial charge < -0.3 is 8.83 Å². The van der Waals surface area contributed by atoms with Crippen molar-refractivity contribution in [2.24, 2.45) is 0 Å². The Kier molecular flexibility index (Phi) is 1.41. The fraction of sp³-hybridized carbons (Fsp3) is 0. The van der Waals surface area contributed by atoms with Crippen LogP contribution < -0.4 is 0 Å². The Bertz CT molecular complexity index is 554. The summed E-state index contributed by atoms with van der Waals surface area (Å²) < 4.78 is 10.3. The van der Waals surface area contributed by atoms with Crippen molar-refractivity contribution in [1.29, 1.82) is 0 Å². The number of oxazole rings is 2. The minimum absolute atomic E-state index is 0.731. The summed E-state index contributed by atoms with van der Waals surface area (Å²) in [7, 11) is 0. The zero-order valence-corrected chi connectivity index (χ0v) is 7.18. The van der Waals surface area contributed by atoms with Crippen molar-refractivity contribution in [1.82, 2.24) is 9.97 Å². The number of hydrogen-bond donors (Lipinski definition) is 0. The Morgan fingerprint density at radius 1 is 1.07 bits per heavy atom. The van der Waals surface area contributed by atoms with Crippen LogP contribution in [-0.2, 0) is 0 Å². The van der Waals surface area contributed by atoms with E-state index < -0.39 is 0 Å². The molecule has 0 spiro atoms. The number of fused-ring (bicyclic) bond motifs is 1. The second kappa shape index (κ2) is 2.70. The molecule has 0 radical (unpaired) electrons. The molecule has 14 heavy (non-hydrogen) atoms. The molecule has 0 fully saturated rings. The Hall–Kier alpha value is -2.10. The molecule has 0 saturated carbocycles. The second-order valence-electron chi connectivity index (χ2n) is 2.90. The number of benzene rings is 1. The minimum atomic E-state index is 0.731. The van der Waals surface area contributed by atoms with Gasteiger partial charge in [0, 0.05) is 5.56 Å². The third-order valence-electron chi connectivity index (χ3n) is 2.05. The molecule has 3 rings (SSSR count). The van der Waals surface area contributed by atoms with Crippen molar-refractivity contribution in [2.45, 2.75) is 0 Å². The smallest absolute Gasteiger partial charge is 0.181 e. The van der Waals surface area contributed by atoms with Crippen molar-refractivity contribution in [3.63, 3.8) is 0 Å². The summed E-state index contributed by atoms with van der Waals surface area (Å²) >= 11 is 0. The lowest BCUT2D eigenvalue weighted by Crippen LogP contribution is -1.74. The summed E-state index contributed by atoms with van der Waals surface area (Å²) in [6.45, 7) is 0. The van der Waals surface area contributed by atoms with Gasteiger partial charge in [0.15, 0.2) is 24.1 Å². The van der Waals surface area contributed by atoms with E-state index in [-0.39, 0.29) is 0 Å². The van der Waals surface area contributed by atoms with Crippen LogP contribution in [0.5, 0.6) is 0 Å². The predicted molar refractivity (Wildman–Crippen MR) is 49.5 cm³/mol. The first-order chi connectivity index (χ1) is 6.93. The monoisotopic (exact) mass is 186 g/mol. The lowest BCUT2D eigenvalue weighted by Gasteiger charge is -1.93. The maximum atomic E-state index is 5.18. The van der Waals surface area contributed by atoms with Crippen molar-refractivity contribution >= 4 is 11.1 Å². The van der Waals surface area contributed by atoms with Gasteiger partial charge in [-0.25, -0.2) is 9.97 Å². The van der Waals surface area contributed by atoms with Crippen LogP contribution in [-0.4, -0.2) is 9.97 Å². The number of hydrogen-bond acceptors (Lipinski definition) is 4. The molecular weight excluding hydrogens is 180 g/mol. The van der Waals surface area contributed by atoms with Crippen molar-refractivity contribution in [3.8, 4) is 11.3 Å². The maximum Gasteiger partial charge on any atom is 0.181 e. The maximum absolute atomic E-state index is 5.18. The first-order valence-corrected chi connectivity index (χ1v) is 4.15. The van der Waals surface area contributed by atoms with Crippen LogP contribution in [0.25, 0.3) is 22.4 Å². The molecule has 68 valence electrons. The zero-order chi connectivity index (χ0) is 9.38. The van der Waals surface area contributed by atoms with Crippen LogP contribution in [0.1, 0.15) is 0 Å². The van der Waals surface area contributed by atoms with Gasteiger partial charge in [-0.05, 0) is 18.2 Å². The van der Waals surface area contributed by atoms with E-state index >= 15 is 0 Å². The van der Waals surface area contributed by atoms with E-state index in [0.717, 1.165) is 22.4 Å². The summed E-state index contributed by atoms with van der Waals surface area (Å²) in [6, 6.07) is 5.67. The molecule has 0 unspecified atom stereocenters. The Morgan fingerprint density at radius 3 is 2.93 bits per heavy atom. The van der Waals surface area contributed by atoms with Crippen LogP contribution in [0.2, 0.25) is 0 Å². The van der Waals surface area contributed by atoms with Gasteiger partial charge in [-0.3, -0.25) is 0 Å². The molecule has 0 aliphatic heterocycles. The number of rotatable bonds is 1. The number of nitrogens with zero attached hydrogens (tertiary/aromatic N) is 2. The van der Waals surface area contributed by atoms with E-state index in [4.69, 9.17) is 8.83 Å². The molecule has 3 aromatic rings. The Balaban J connectivity index is 2.23. The molecule has 0 aliphatic rings. The van der Waals surface area contributed by atoms with Crippen LogP contribution in [0.4, 0.5) is 0 Å². The van der Waals surface area contributed by atoms with E-state index in [0.29, 0.717) is 0 Å². The minimum Gasteiger partial charge on any atom is -0.444 e. The lowest BCUT2D eigenvalue weighted by atomic mass is 10.2. The topological polar surface area (TPSA) is 52.1 Å². The molecule has 0 saturated heterocycles. The van der Waals surface area contributed by atoms with Gasteiger partial charge in [-0.1, -0.05) is 0 Å². The molecule has 0 N–H and O–H groups in total. The number of aromatic nitrogens is 2. The normalized spacial score (nSPS) is 10.9. The summed E-state index contributed by atoms with van der Waals surface area (Å²) in [6.07, 6.45) is 4.50. The Labute approximate surface area is 79.2 Å². The zero-order valence-electron chi connectivity index (χ0n) is 7.18. The average Bonchev–Trinajstić information content (AvgIpc) is 2.88. The first kappa shape index (κ1) is 7.32. The second-order valence-corrected chi connectivity index (χ2v) is 2.90. The third kappa shape index (κ3) is 1.01. The highest BCUT2D eigenvalue weighted by molar-refractivity contribution is 5.78. The highest BCUT2D eigenvalue weighted by Gasteiger charge is 2.04. The molecular formula is C10H6N2O2. The van der Waals surface area contributed by atoms with Crippen LogP contribution in [0.15, 0.2) is 46.0 Å². The standard InChI is InChI=1S/C10H6N2O2/c1-2-9-8(12-6-14-9)3-7(1)10-4-11-5-13-10/h1-6H. The molecule has 1 aromatic carbocycles. The van der Waals surface area contributed by atoms with E-state index in [1.165, 1.54) is 12.8 Å². The molecule has 0 aliphatic carbocycles. The van der Waals surface area contributed by atoms with Gasteiger partial charge in [0.25, 0.3) is 0 Å². The van der Waals surface area contributed by atoms with Crippen LogP contribution in [0, 0.1) is 0 Å². The van der Waals surface area contributed by atoms with Gasteiger partial charge in [-0.2, -0.15) is 0 Å². The van der Waals surface area contributed by atoms with Crippen molar-refractivity contribution in [3.05, 3.63) is 37.2 Å². The Morgan fingerprint density at radius 2 is 2.07 bits per heavy atom. The third-order valence-corrected chi connectivity index (χ3v) is 2.05. The summed E-state index contributed by atoms with van der Waals surface area (Å²) in [5, 5.41) is 0. The molecule has 2 heterocycles. The van der Waals surface area contributed by atoms with Gasteiger partial charge >= 0.3 is 0 Å². The van der Waals surface area contributed by atoms with Gasteiger partial charge in [0.05, 0.1) is 6.20 Å². The van der Waals surface area contributed by atoms with E-state index in [9.17, 15) is 0 Å². The predicted octanol–water partition coefficient (Wildman–Crippen LogP) is 2.48. The van der Waals surface area contributed by atoms with Gasteiger partial charge in [0.2, 0.25) is 0 Å². The summed E-state index contributed by atoms with van der Waals surface area (Å²) in [5.41, 5.74) is 2.54. The van der Waals surface area contributed by atoms with Crippen molar-refractivity contribution in [2.75, 3.05) is 0 Å². The highest BCUT2D eigenvalue weighted by Crippen LogP contribution is 2.22. The van der Waals surface area contributed by atoms with E-state index in [1.807, 2.05) is 18.2 Å². The fourth-order valence-electron chi connectivity index (χ4n) is 1.37. The molecule has 0 amide bonds. The molecule has 2 aromatic heterocycles. The van der Waals surface area contributed by atoms with Gasteiger partial charge in [0.1, 0.15) is 5.52 Å². The van der Waals surface area contributed by atoms with Crippen LogP contribution >= 0.6 is 0 Å². The van der Waals surface area contributed by atoms with Crippen molar-refractivity contribution < 1.29 is 8.83 Å². The van der Waals surface area contributed by atoms with Gasteiger partial charge in [-0.15, -0.1) is 0 Å². The lowest BCUT2D eigenvalue weighted by molar-refractivity contribution is 0.572. The first-order valence-electron chi connectivity index (χ1n) is 4.15. The quantitative estimate of drug-likeness (QED) is 0.585. The van der Waals surface area contributed by atoms with E-state index in [2.05, 4.69) is 9.97 Å². The fourth-order valence-corrected chi connectivity index (χ4v) is 1.37. The molecule has 0 bridgehead atoms. The SMILES string of the molecule is c1ncc(-c2ccc3ocnc3c2)o1. The molecule has 4 nitrogen and oxygen atoms in total.